The van der Waals surface area contributed by atoms with Gasteiger partial charge in [-0.25, -0.2) is 0 Å². The zero-order chi connectivity index (χ0) is 20.4. The molecule has 0 spiro atoms. The average molecular weight is 407 g/mol. The maximum atomic E-state index is 12.4. The molecule has 2 aromatic heterocycles. The molecule has 0 unspecified atom stereocenters. The number of nitrogens with one attached hydrogen (secondary N) is 1. The van der Waals surface area contributed by atoms with Crippen LogP contribution in [-0.2, 0) is 19.4 Å². The lowest BCUT2D eigenvalue weighted by atomic mass is 10.1. The first-order valence-corrected chi connectivity index (χ1v) is 10.3. The zero-order valence-electron chi connectivity index (χ0n) is 16.6. The molecule has 4 aromatic rings. The first-order valence-electron chi connectivity index (χ1n) is 9.33. The van der Waals surface area contributed by atoms with E-state index >= 15 is 0 Å². The molecular formula is C22H22N4O2S. The number of ether oxygens (including phenoxy) is 1. The van der Waals surface area contributed by atoms with Crippen LogP contribution in [0.1, 0.15) is 22.6 Å². The highest BCUT2D eigenvalue weighted by Gasteiger charge is 2.11. The van der Waals surface area contributed by atoms with Gasteiger partial charge in [-0.2, -0.15) is 0 Å². The van der Waals surface area contributed by atoms with Gasteiger partial charge in [-0.05, 0) is 43.2 Å². The molecule has 0 bridgehead atoms. The number of nitrogens with zero attached hydrogens (tertiary/aromatic N) is 3. The Bertz CT molecular complexity index is 1230. The number of aromatic nitrogens is 4. The lowest BCUT2D eigenvalue weighted by Gasteiger charge is -2.08. The van der Waals surface area contributed by atoms with E-state index < -0.39 is 0 Å². The third-order valence-corrected chi connectivity index (χ3v) is 5.84. The quantitative estimate of drug-likeness (QED) is 0.487. The Labute approximate surface area is 172 Å². The lowest BCUT2D eigenvalue weighted by molar-refractivity contribution is 0.290. The van der Waals surface area contributed by atoms with Crippen molar-refractivity contribution in [1.82, 2.24) is 19.7 Å². The number of hydrogen-bond acceptors (Lipinski definition) is 5. The van der Waals surface area contributed by atoms with Crippen molar-refractivity contribution in [2.45, 2.75) is 31.4 Å². The highest BCUT2D eigenvalue weighted by atomic mass is 32.2. The van der Waals surface area contributed by atoms with Gasteiger partial charge in [-0.1, -0.05) is 36.0 Å². The van der Waals surface area contributed by atoms with E-state index in [2.05, 4.69) is 15.2 Å². The van der Waals surface area contributed by atoms with Gasteiger partial charge < -0.3 is 14.3 Å². The molecule has 148 valence electrons. The maximum absolute atomic E-state index is 12.4. The number of pyridine rings is 1. The van der Waals surface area contributed by atoms with Crippen molar-refractivity contribution in [3.8, 4) is 5.75 Å². The van der Waals surface area contributed by atoms with Gasteiger partial charge in [0, 0.05) is 29.9 Å². The van der Waals surface area contributed by atoms with Crippen molar-refractivity contribution in [3.05, 3.63) is 81.4 Å². The highest BCUT2D eigenvalue weighted by molar-refractivity contribution is 7.98. The average Bonchev–Trinajstić information content (AvgIpc) is 3.05. The molecule has 2 heterocycles. The number of thioether (sulfide) groups is 1. The third-order valence-electron chi connectivity index (χ3n) is 4.77. The molecule has 0 fully saturated rings. The van der Waals surface area contributed by atoms with Crippen LogP contribution in [0.4, 0.5) is 0 Å². The van der Waals surface area contributed by atoms with Crippen molar-refractivity contribution in [3.63, 3.8) is 0 Å². The van der Waals surface area contributed by atoms with Crippen LogP contribution in [0.2, 0.25) is 0 Å². The van der Waals surface area contributed by atoms with Crippen molar-refractivity contribution < 1.29 is 4.74 Å². The summed E-state index contributed by atoms with van der Waals surface area (Å²) in [6.07, 6.45) is 0. The van der Waals surface area contributed by atoms with E-state index in [9.17, 15) is 4.79 Å². The summed E-state index contributed by atoms with van der Waals surface area (Å²) >= 11 is 1.53. The number of para-hydroxylation sites is 1. The van der Waals surface area contributed by atoms with E-state index in [1.807, 2.05) is 67.9 Å². The van der Waals surface area contributed by atoms with Gasteiger partial charge in [0.15, 0.2) is 16.4 Å². The standard InChI is InChI=1S/C22H22N4O2S/c1-14-6-4-8-17(10-14)28-12-20-24-25-22(26(20)3)29-13-16-11-19(27)18-9-5-7-15(2)21(18)23-16/h4-11H,12-13H2,1-3H3,(H,23,27). The summed E-state index contributed by atoms with van der Waals surface area (Å²) in [7, 11) is 1.92. The molecule has 0 saturated heterocycles. The first kappa shape index (κ1) is 19.3. The predicted molar refractivity (Wildman–Crippen MR) is 115 cm³/mol. The number of aromatic amines is 1. The third kappa shape index (κ3) is 4.19. The molecule has 6 nitrogen and oxygen atoms in total. The Hall–Kier alpha value is -3.06. The molecule has 0 radical (unpaired) electrons. The van der Waals surface area contributed by atoms with Crippen molar-refractivity contribution in [2.24, 2.45) is 7.05 Å². The van der Waals surface area contributed by atoms with E-state index in [-0.39, 0.29) is 5.43 Å². The Kier molecular flexibility index (Phi) is 5.40. The van der Waals surface area contributed by atoms with Gasteiger partial charge >= 0.3 is 0 Å². The van der Waals surface area contributed by atoms with Crippen LogP contribution in [-0.4, -0.2) is 19.7 Å². The second-order valence-electron chi connectivity index (χ2n) is 7.01. The van der Waals surface area contributed by atoms with Crippen molar-refractivity contribution in [1.29, 1.82) is 0 Å². The summed E-state index contributed by atoms with van der Waals surface area (Å²) in [6.45, 7) is 4.38. The fraction of sp³-hybridized carbons (Fsp3) is 0.227. The Balaban J connectivity index is 1.46. The zero-order valence-corrected chi connectivity index (χ0v) is 17.4. The van der Waals surface area contributed by atoms with E-state index in [0.717, 1.165) is 39.1 Å². The number of H-pyrrole nitrogens is 1. The van der Waals surface area contributed by atoms with Crippen LogP contribution in [0.25, 0.3) is 10.9 Å². The largest absolute Gasteiger partial charge is 0.486 e. The smallest absolute Gasteiger partial charge is 0.191 e. The van der Waals surface area contributed by atoms with E-state index in [1.165, 1.54) is 11.8 Å². The molecule has 2 aromatic carbocycles. The molecule has 0 aliphatic heterocycles. The molecule has 0 amide bonds. The molecule has 0 aliphatic rings. The minimum Gasteiger partial charge on any atom is -0.486 e. The highest BCUT2D eigenvalue weighted by Crippen LogP contribution is 2.22. The predicted octanol–water partition coefficient (Wildman–Crippen LogP) is 4.14. The second-order valence-corrected chi connectivity index (χ2v) is 7.95. The number of aryl methyl sites for hydroxylation is 2. The number of hydrogen-bond donors (Lipinski definition) is 1. The summed E-state index contributed by atoms with van der Waals surface area (Å²) < 4.78 is 7.75. The van der Waals surface area contributed by atoms with Crippen LogP contribution in [0.3, 0.4) is 0 Å². The number of rotatable bonds is 6. The van der Waals surface area contributed by atoms with Gasteiger partial charge in [0.1, 0.15) is 12.4 Å². The van der Waals surface area contributed by atoms with Gasteiger partial charge in [-0.15, -0.1) is 10.2 Å². The summed E-state index contributed by atoms with van der Waals surface area (Å²) in [6, 6.07) is 15.3. The Morgan fingerprint density at radius 2 is 1.93 bits per heavy atom. The van der Waals surface area contributed by atoms with Crippen LogP contribution in [0.5, 0.6) is 5.75 Å². The molecular weight excluding hydrogens is 384 g/mol. The Morgan fingerprint density at radius 3 is 2.76 bits per heavy atom. The molecule has 0 atom stereocenters. The second kappa shape index (κ2) is 8.13. The molecule has 0 saturated carbocycles. The Morgan fingerprint density at radius 1 is 1.10 bits per heavy atom. The van der Waals surface area contributed by atoms with Crippen LogP contribution < -0.4 is 10.2 Å². The fourth-order valence-corrected chi connectivity index (χ4v) is 3.98. The monoisotopic (exact) mass is 406 g/mol. The summed E-state index contributed by atoms with van der Waals surface area (Å²) in [5.41, 5.74) is 3.99. The molecule has 7 heteroatoms. The van der Waals surface area contributed by atoms with Crippen molar-refractivity contribution in [2.75, 3.05) is 0 Å². The van der Waals surface area contributed by atoms with E-state index in [0.29, 0.717) is 17.7 Å². The molecule has 1 N–H and O–H groups in total. The molecule has 29 heavy (non-hydrogen) atoms. The van der Waals surface area contributed by atoms with Crippen LogP contribution in [0.15, 0.2) is 58.5 Å². The summed E-state index contributed by atoms with van der Waals surface area (Å²) in [5.74, 6) is 2.16. The van der Waals surface area contributed by atoms with Gasteiger partial charge in [0.05, 0.1) is 5.52 Å². The van der Waals surface area contributed by atoms with E-state index in [4.69, 9.17) is 4.74 Å². The molecule has 0 aliphatic carbocycles. The fourth-order valence-electron chi connectivity index (χ4n) is 3.14. The normalized spacial score (nSPS) is 11.1. The van der Waals surface area contributed by atoms with Crippen LogP contribution in [0, 0.1) is 13.8 Å². The minimum atomic E-state index is 0.0308. The van der Waals surface area contributed by atoms with Gasteiger partial charge in [0.2, 0.25) is 0 Å². The summed E-state index contributed by atoms with van der Waals surface area (Å²) in [5, 5.41) is 10.0. The van der Waals surface area contributed by atoms with Gasteiger partial charge in [0.25, 0.3) is 0 Å². The van der Waals surface area contributed by atoms with Crippen LogP contribution >= 0.6 is 11.8 Å². The van der Waals surface area contributed by atoms with E-state index in [1.54, 1.807) is 6.07 Å². The summed E-state index contributed by atoms with van der Waals surface area (Å²) in [4.78, 5) is 15.8. The van der Waals surface area contributed by atoms with Crippen molar-refractivity contribution >= 4 is 22.7 Å². The number of benzene rings is 2. The topological polar surface area (TPSA) is 72.8 Å². The first-order chi connectivity index (χ1) is 14.0. The maximum Gasteiger partial charge on any atom is 0.191 e. The number of fused-ring (bicyclic) bond motifs is 1. The minimum absolute atomic E-state index is 0.0308. The SMILES string of the molecule is Cc1cccc(OCc2nnc(SCc3cc(=O)c4cccc(C)c4[nH]3)n2C)c1. The lowest BCUT2D eigenvalue weighted by Crippen LogP contribution is -2.06. The molecule has 4 rings (SSSR count). The van der Waals surface area contributed by atoms with Gasteiger partial charge in [-0.3, -0.25) is 4.79 Å².